The molecule has 2 rings (SSSR count). The zero-order chi connectivity index (χ0) is 11.7. The quantitative estimate of drug-likeness (QED) is 0.775. The molecule has 0 aliphatic carbocycles. The monoisotopic (exact) mass is 216 g/mol. The number of aliphatic carboxylic acids is 1. The molecule has 2 aromatic rings. The number of carboxylic acid groups (broad SMARTS) is 1. The third-order valence-corrected chi connectivity index (χ3v) is 2.87. The molecule has 1 aromatic carbocycles. The zero-order valence-electron chi connectivity index (χ0n) is 9.49. The van der Waals surface area contributed by atoms with Crippen molar-refractivity contribution in [3.05, 3.63) is 35.5 Å². The number of aryl methyl sites for hydroxylation is 2. The van der Waals surface area contributed by atoms with Crippen molar-refractivity contribution >= 4 is 16.9 Å². The summed E-state index contributed by atoms with van der Waals surface area (Å²) in [6, 6.07) is 8.13. The number of benzene rings is 1. The highest BCUT2D eigenvalue weighted by Crippen LogP contribution is 2.21. The van der Waals surface area contributed by atoms with E-state index in [0.717, 1.165) is 23.0 Å². The lowest BCUT2D eigenvalue weighted by Gasteiger charge is -2.08. The highest BCUT2D eigenvalue weighted by atomic mass is 16.4. The van der Waals surface area contributed by atoms with Gasteiger partial charge < -0.3 is 14.5 Å². The van der Waals surface area contributed by atoms with Crippen molar-refractivity contribution in [2.75, 3.05) is 0 Å². The Hall–Kier alpha value is -1.77. The molecule has 0 saturated heterocycles. The summed E-state index contributed by atoms with van der Waals surface area (Å²) < 4.78 is 1.77. The van der Waals surface area contributed by atoms with Crippen LogP contribution in [0.3, 0.4) is 0 Å². The van der Waals surface area contributed by atoms with Gasteiger partial charge in [-0.2, -0.15) is 0 Å². The van der Waals surface area contributed by atoms with Crippen LogP contribution in [-0.2, 0) is 17.8 Å². The molecule has 0 aliphatic rings. The van der Waals surface area contributed by atoms with E-state index < -0.39 is 5.97 Å². The second-order valence-electron chi connectivity index (χ2n) is 3.99. The summed E-state index contributed by atoms with van der Waals surface area (Å²) in [6.45, 7) is 3.93. The van der Waals surface area contributed by atoms with E-state index in [1.165, 1.54) is 5.56 Å². The number of carbonyl (C=O) groups is 1. The summed E-state index contributed by atoms with van der Waals surface area (Å²) in [6.07, 6.45) is 0.987. The van der Waals surface area contributed by atoms with Gasteiger partial charge >= 0.3 is 0 Å². The molecular formula is C13H14NO2-. The van der Waals surface area contributed by atoms with E-state index in [1.54, 1.807) is 4.57 Å². The van der Waals surface area contributed by atoms with Crippen LogP contribution in [0.15, 0.2) is 24.3 Å². The predicted molar refractivity (Wildman–Crippen MR) is 61.1 cm³/mol. The fraction of sp³-hybridized carbons (Fsp3) is 0.308. The van der Waals surface area contributed by atoms with Crippen LogP contribution in [0, 0.1) is 6.92 Å². The van der Waals surface area contributed by atoms with Gasteiger partial charge in [0.2, 0.25) is 0 Å². The Morgan fingerprint density at radius 2 is 2.12 bits per heavy atom. The number of rotatable bonds is 3. The fourth-order valence-corrected chi connectivity index (χ4v) is 2.02. The average Bonchev–Trinajstić information content (AvgIpc) is 2.54. The van der Waals surface area contributed by atoms with Crippen LogP contribution in [0.5, 0.6) is 0 Å². The highest BCUT2D eigenvalue weighted by molar-refractivity contribution is 5.83. The van der Waals surface area contributed by atoms with E-state index in [-0.39, 0.29) is 6.54 Å². The van der Waals surface area contributed by atoms with E-state index in [0.29, 0.717) is 0 Å². The number of nitrogens with zero attached hydrogens (tertiary/aromatic N) is 1. The van der Waals surface area contributed by atoms with E-state index >= 15 is 0 Å². The molecule has 1 aromatic heterocycles. The van der Waals surface area contributed by atoms with E-state index in [4.69, 9.17) is 0 Å². The molecule has 0 spiro atoms. The van der Waals surface area contributed by atoms with Crippen LogP contribution in [0.2, 0.25) is 0 Å². The molecule has 0 atom stereocenters. The lowest BCUT2D eigenvalue weighted by atomic mass is 10.1. The normalized spacial score (nSPS) is 10.9. The second kappa shape index (κ2) is 4.00. The molecule has 0 radical (unpaired) electrons. The number of hydrogen-bond acceptors (Lipinski definition) is 2. The van der Waals surface area contributed by atoms with Crippen LogP contribution in [0.1, 0.15) is 18.2 Å². The minimum atomic E-state index is -1.06. The van der Waals surface area contributed by atoms with Crippen molar-refractivity contribution in [1.82, 2.24) is 4.57 Å². The Bertz CT molecular complexity index is 540. The average molecular weight is 216 g/mol. The maximum Gasteiger partial charge on any atom is 0.0624 e. The minimum absolute atomic E-state index is 0.0825. The van der Waals surface area contributed by atoms with Crippen LogP contribution in [0.25, 0.3) is 10.9 Å². The zero-order valence-corrected chi connectivity index (χ0v) is 9.49. The SMILES string of the molecule is CCc1ccc2c(c1)cc(C)n2CC(=O)[O-]. The van der Waals surface area contributed by atoms with Gasteiger partial charge in [-0.3, -0.25) is 0 Å². The van der Waals surface area contributed by atoms with Crippen molar-refractivity contribution in [3.8, 4) is 0 Å². The lowest BCUT2D eigenvalue weighted by molar-refractivity contribution is -0.306. The molecule has 84 valence electrons. The number of carboxylic acids is 1. The van der Waals surface area contributed by atoms with Crippen molar-refractivity contribution in [2.24, 2.45) is 0 Å². The number of carbonyl (C=O) groups excluding carboxylic acids is 1. The van der Waals surface area contributed by atoms with Crippen LogP contribution >= 0.6 is 0 Å². The molecule has 0 N–H and O–H groups in total. The Labute approximate surface area is 94.3 Å². The smallest absolute Gasteiger partial charge is 0.0624 e. The van der Waals surface area contributed by atoms with Crippen LogP contribution in [0.4, 0.5) is 0 Å². The van der Waals surface area contributed by atoms with Gasteiger partial charge in [-0.15, -0.1) is 0 Å². The van der Waals surface area contributed by atoms with E-state index in [1.807, 2.05) is 25.1 Å². The Morgan fingerprint density at radius 3 is 2.75 bits per heavy atom. The summed E-state index contributed by atoms with van der Waals surface area (Å²) in [5.41, 5.74) is 3.17. The first-order chi connectivity index (χ1) is 7.61. The molecule has 0 unspecified atom stereocenters. The summed E-state index contributed by atoms with van der Waals surface area (Å²) in [5.74, 6) is -1.06. The first kappa shape index (κ1) is 10.7. The minimum Gasteiger partial charge on any atom is -0.548 e. The summed E-state index contributed by atoms with van der Waals surface area (Å²) in [7, 11) is 0. The van der Waals surface area contributed by atoms with Crippen molar-refractivity contribution in [1.29, 1.82) is 0 Å². The van der Waals surface area contributed by atoms with Gasteiger partial charge in [-0.25, -0.2) is 0 Å². The number of fused-ring (bicyclic) bond motifs is 1. The standard InChI is InChI=1S/C13H15NO2/c1-3-10-4-5-12-11(7-10)6-9(2)14(12)8-13(15)16/h4-7H,3,8H2,1-2H3,(H,15,16)/p-1. The summed E-state index contributed by atoms with van der Waals surface area (Å²) >= 11 is 0. The molecule has 1 heterocycles. The molecule has 0 fully saturated rings. The fourth-order valence-electron chi connectivity index (χ4n) is 2.02. The van der Waals surface area contributed by atoms with Gasteiger partial charge in [0.05, 0.1) is 12.5 Å². The first-order valence-corrected chi connectivity index (χ1v) is 5.40. The molecule has 0 amide bonds. The molecule has 0 bridgehead atoms. The Balaban J connectivity index is 2.57. The van der Waals surface area contributed by atoms with Crippen LogP contribution in [-0.4, -0.2) is 10.5 Å². The highest BCUT2D eigenvalue weighted by Gasteiger charge is 2.05. The van der Waals surface area contributed by atoms with Crippen molar-refractivity contribution in [2.45, 2.75) is 26.8 Å². The summed E-state index contributed by atoms with van der Waals surface area (Å²) in [5, 5.41) is 11.7. The molecular weight excluding hydrogens is 202 g/mol. The first-order valence-electron chi connectivity index (χ1n) is 5.40. The predicted octanol–water partition coefficient (Wildman–Crippen LogP) is 1.26. The van der Waals surface area contributed by atoms with Gasteiger partial charge in [-0.05, 0) is 37.1 Å². The van der Waals surface area contributed by atoms with Gasteiger partial charge in [-0.1, -0.05) is 13.0 Å². The molecule has 16 heavy (non-hydrogen) atoms. The second-order valence-corrected chi connectivity index (χ2v) is 3.99. The molecule has 3 heteroatoms. The van der Waals surface area contributed by atoms with Gasteiger partial charge in [0, 0.05) is 16.6 Å². The largest absolute Gasteiger partial charge is 0.548 e. The molecule has 0 aliphatic heterocycles. The lowest BCUT2D eigenvalue weighted by Crippen LogP contribution is -2.27. The maximum absolute atomic E-state index is 10.7. The van der Waals surface area contributed by atoms with E-state index in [9.17, 15) is 9.90 Å². The van der Waals surface area contributed by atoms with Crippen molar-refractivity contribution < 1.29 is 9.90 Å². The van der Waals surface area contributed by atoms with E-state index in [2.05, 4.69) is 13.0 Å². The molecule has 3 nitrogen and oxygen atoms in total. The topological polar surface area (TPSA) is 45.1 Å². The summed E-state index contributed by atoms with van der Waals surface area (Å²) in [4.78, 5) is 10.7. The third-order valence-electron chi connectivity index (χ3n) is 2.87. The number of aromatic nitrogens is 1. The Kier molecular flexibility index (Phi) is 2.69. The van der Waals surface area contributed by atoms with Crippen LogP contribution < -0.4 is 5.11 Å². The van der Waals surface area contributed by atoms with Crippen molar-refractivity contribution in [3.63, 3.8) is 0 Å². The maximum atomic E-state index is 10.7. The Morgan fingerprint density at radius 1 is 1.38 bits per heavy atom. The van der Waals surface area contributed by atoms with Gasteiger partial charge in [0.25, 0.3) is 0 Å². The van der Waals surface area contributed by atoms with Gasteiger partial charge in [0.15, 0.2) is 0 Å². The third kappa shape index (κ3) is 1.81. The van der Waals surface area contributed by atoms with Gasteiger partial charge in [0.1, 0.15) is 0 Å². The molecule has 0 saturated carbocycles. The number of hydrogen-bond donors (Lipinski definition) is 0.